The van der Waals surface area contributed by atoms with Crippen molar-refractivity contribution in [1.29, 1.82) is 0 Å². The maximum Gasteiger partial charge on any atom is 0.139 e. The van der Waals surface area contributed by atoms with Crippen molar-refractivity contribution in [3.8, 4) is 0 Å². The summed E-state index contributed by atoms with van der Waals surface area (Å²) >= 11 is 3.69. The van der Waals surface area contributed by atoms with Crippen LogP contribution < -0.4 is 5.32 Å². The van der Waals surface area contributed by atoms with Gasteiger partial charge < -0.3 is 5.32 Å². The molecule has 1 aromatic heterocycles. The van der Waals surface area contributed by atoms with E-state index in [2.05, 4.69) is 53.6 Å². The highest BCUT2D eigenvalue weighted by molar-refractivity contribution is 9.10. The van der Waals surface area contributed by atoms with Crippen LogP contribution in [0.3, 0.4) is 0 Å². The summed E-state index contributed by atoms with van der Waals surface area (Å²) in [5, 5.41) is 8.26. The van der Waals surface area contributed by atoms with Crippen molar-refractivity contribution in [2.75, 3.05) is 11.9 Å². The Hall–Kier alpha value is -0.510. The Morgan fingerprint density at radius 3 is 2.76 bits per heavy atom. The third-order valence-electron chi connectivity index (χ3n) is 3.41. The van der Waals surface area contributed by atoms with Gasteiger partial charge in [-0.05, 0) is 34.2 Å². The summed E-state index contributed by atoms with van der Waals surface area (Å²) in [6, 6.07) is 0.487. The summed E-state index contributed by atoms with van der Waals surface area (Å²) < 4.78 is 3.35. The van der Waals surface area contributed by atoms with Gasteiger partial charge in [-0.25, -0.2) is 4.68 Å². The smallest absolute Gasteiger partial charge is 0.139 e. The number of aromatic nitrogens is 2. The summed E-state index contributed by atoms with van der Waals surface area (Å²) in [4.78, 5) is 0. The topological polar surface area (TPSA) is 29.9 Å². The Morgan fingerprint density at radius 1 is 1.47 bits per heavy atom. The first-order valence-electron chi connectivity index (χ1n) is 6.46. The van der Waals surface area contributed by atoms with E-state index < -0.39 is 0 Å². The Bertz CT molecular complexity index is 404. The van der Waals surface area contributed by atoms with Crippen molar-refractivity contribution in [3.63, 3.8) is 0 Å². The van der Waals surface area contributed by atoms with Gasteiger partial charge in [0.05, 0.1) is 16.2 Å². The minimum absolute atomic E-state index is 0.256. The first-order chi connectivity index (χ1) is 7.95. The number of aryl methyl sites for hydroxylation is 1. The highest BCUT2D eigenvalue weighted by Gasteiger charge is 2.33. The minimum atomic E-state index is 0.256. The summed E-state index contributed by atoms with van der Waals surface area (Å²) in [7, 11) is 0. The lowest BCUT2D eigenvalue weighted by molar-refractivity contribution is 0.209. The molecule has 96 valence electrons. The number of nitrogens with one attached hydrogen (secondary N) is 1. The third-order valence-corrected chi connectivity index (χ3v) is 4.24. The second-order valence-electron chi connectivity index (χ2n) is 5.90. The molecule has 0 bridgehead atoms. The van der Waals surface area contributed by atoms with Crippen molar-refractivity contribution in [3.05, 3.63) is 10.2 Å². The lowest BCUT2D eigenvalue weighted by Gasteiger charge is -2.35. The highest BCUT2D eigenvalue weighted by atomic mass is 79.9. The van der Waals surface area contributed by atoms with Crippen molar-refractivity contribution in [2.45, 2.75) is 53.0 Å². The molecule has 0 radical (unpaired) electrons. The maximum atomic E-state index is 4.80. The molecule has 4 heteroatoms. The molecule has 0 saturated carbocycles. The van der Waals surface area contributed by atoms with E-state index in [0.29, 0.717) is 6.04 Å². The standard InChI is InChI=1S/C13H22BrN3/c1-5-6-9-11(14)12-15-8-7-10(13(2,3)4)17(12)16-9/h10,15H,5-8H2,1-4H3. The molecule has 1 aromatic rings. The molecule has 1 atom stereocenters. The van der Waals surface area contributed by atoms with Gasteiger partial charge in [0.1, 0.15) is 5.82 Å². The molecule has 0 saturated heterocycles. The summed E-state index contributed by atoms with van der Waals surface area (Å²) in [6.45, 7) is 10.1. The van der Waals surface area contributed by atoms with E-state index in [-0.39, 0.29) is 5.41 Å². The number of rotatable bonds is 2. The van der Waals surface area contributed by atoms with Crippen LogP contribution in [0.15, 0.2) is 4.47 Å². The zero-order valence-electron chi connectivity index (χ0n) is 11.2. The molecule has 3 nitrogen and oxygen atoms in total. The second kappa shape index (κ2) is 4.63. The van der Waals surface area contributed by atoms with E-state index in [9.17, 15) is 0 Å². The van der Waals surface area contributed by atoms with Crippen LogP contribution in [0.1, 0.15) is 52.3 Å². The Labute approximate surface area is 112 Å². The van der Waals surface area contributed by atoms with Crippen LogP contribution in [0.25, 0.3) is 0 Å². The predicted molar refractivity (Wildman–Crippen MR) is 75.5 cm³/mol. The lowest BCUT2D eigenvalue weighted by Crippen LogP contribution is -2.32. The fraction of sp³-hybridized carbons (Fsp3) is 0.769. The van der Waals surface area contributed by atoms with Gasteiger partial charge in [0.15, 0.2) is 0 Å². The third kappa shape index (κ3) is 2.37. The van der Waals surface area contributed by atoms with Gasteiger partial charge in [-0.2, -0.15) is 5.10 Å². The Morgan fingerprint density at radius 2 is 2.18 bits per heavy atom. The second-order valence-corrected chi connectivity index (χ2v) is 6.69. The number of fused-ring (bicyclic) bond motifs is 1. The zero-order valence-corrected chi connectivity index (χ0v) is 12.8. The minimum Gasteiger partial charge on any atom is -0.369 e. The van der Waals surface area contributed by atoms with Gasteiger partial charge in [0.25, 0.3) is 0 Å². The van der Waals surface area contributed by atoms with Crippen LogP contribution in [-0.2, 0) is 6.42 Å². The molecular weight excluding hydrogens is 278 g/mol. The number of halogens is 1. The average Bonchev–Trinajstić information content (AvgIpc) is 2.55. The summed E-state index contributed by atoms with van der Waals surface area (Å²) in [5.74, 6) is 1.17. The maximum absolute atomic E-state index is 4.80. The van der Waals surface area contributed by atoms with Crippen LogP contribution >= 0.6 is 15.9 Å². The monoisotopic (exact) mass is 299 g/mol. The van der Waals surface area contributed by atoms with Crippen molar-refractivity contribution in [2.24, 2.45) is 5.41 Å². The van der Waals surface area contributed by atoms with Crippen LogP contribution in [0.2, 0.25) is 0 Å². The zero-order chi connectivity index (χ0) is 12.6. The molecule has 1 unspecified atom stereocenters. The normalized spacial score (nSPS) is 19.9. The molecule has 1 aliphatic heterocycles. The van der Waals surface area contributed by atoms with Gasteiger partial charge >= 0.3 is 0 Å². The number of anilines is 1. The van der Waals surface area contributed by atoms with Crippen molar-refractivity contribution in [1.82, 2.24) is 9.78 Å². The van der Waals surface area contributed by atoms with E-state index in [4.69, 9.17) is 5.10 Å². The van der Waals surface area contributed by atoms with Crippen LogP contribution in [-0.4, -0.2) is 16.3 Å². The van der Waals surface area contributed by atoms with Crippen LogP contribution in [0.5, 0.6) is 0 Å². The van der Waals surface area contributed by atoms with Crippen LogP contribution in [0.4, 0.5) is 5.82 Å². The molecule has 1 N–H and O–H groups in total. The van der Waals surface area contributed by atoms with E-state index in [1.165, 1.54) is 11.5 Å². The van der Waals surface area contributed by atoms with Gasteiger partial charge in [-0.3, -0.25) is 0 Å². The molecule has 0 aliphatic carbocycles. The first-order valence-corrected chi connectivity index (χ1v) is 7.25. The Kier molecular flexibility index (Phi) is 3.53. The largest absolute Gasteiger partial charge is 0.369 e. The van der Waals surface area contributed by atoms with E-state index in [0.717, 1.165) is 30.3 Å². The quantitative estimate of drug-likeness (QED) is 0.894. The summed E-state index contributed by atoms with van der Waals surface area (Å²) in [5.41, 5.74) is 1.44. The molecule has 0 spiro atoms. The number of hydrogen-bond acceptors (Lipinski definition) is 2. The average molecular weight is 300 g/mol. The molecule has 17 heavy (non-hydrogen) atoms. The fourth-order valence-corrected chi connectivity index (χ4v) is 3.09. The van der Waals surface area contributed by atoms with Crippen molar-refractivity contribution < 1.29 is 0 Å². The molecule has 0 aromatic carbocycles. The molecule has 2 rings (SSSR count). The van der Waals surface area contributed by atoms with Gasteiger partial charge in [-0.15, -0.1) is 0 Å². The molecule has 0 fully saturated rings. The Balaban J connectivity index is 2.41. The molecule has 2 heterocycles. The van der Waals surface area contributed by atoms with Crippen LogP contribution in [0, 0.1) is 5.41 Å². The molecule has 1 aliphatic rings. The highest BCUT2D eigenvalue weighted by Crippen LogP contribution is 2.41. The van der Waals surface area contributed by atoms with Gasteiger partial charge in [0.2, 0.25) is 0 Å². The predicted octanol–water partition coefficient (Wildman–Crippen LogP) is 4.00. The van der Waals surface area contributed by atoms with Gasteiger partial charge in [-0.1, -0.05) is 34.1 Å². The number of nitrogens with zero attached hydrogens (tertiary/aromatic N) is 2. The van der Waals surface area contributed by atoms with Gasteiger partial charge in [0, 0.05) is 6.54 Å². The lowest BCUT2D eigenvalue weighted by atomic mass is 9.84. The first kappa shape index (κ1) is 12.9. The van der Waals surface area contributed by atoms with E-state index in [1.54, 1.807) is 0 Å². The molecular formula is C13H22BrN3. The molecule has 0 amide bonds. The number of hydrogen-bond donors (Lipinski definition) is 1. The SMILES string of the molecule is CCCc1nn2c(c1Br)NCCC2C(C)(C)C. The van der Waals surface area contributed by atoms with E-state index in [1.807, 2.05) is 0 Å². The van der Waals surface area contributed by atoms with Crippen molar-refractivity contribution >= 4 is 21.7 Å². The summed E-state index contributed by atoms with van der Waals surface area (Å²) in [6.07, 6.45) is 3.32. The van der Waals surface area contributed by atoms with E-state index >= 15 is 0 Å². The fourth-order valence-electron chi connectivity index (χ4n) is 2.49.